The Morgan fingerprint density at radius 2 is 1.74 bits per heavy atom. The van der Waals surface area contributed by atoms with Crippen molar-refractivity contribution >= 4 is 73.1 Å². The van der Waals surface area contributed by atoms with Crippen molar-refractivity contribution in [3.05, 3.63) is 90.3 Å². The number of carbonyl (C=O) groups excluding carboxylic acids is 1. The summed E-state index contributed by atoms with van der Waals surface area (Å²) in [7, 11) is 0. The predicted molar refractivity (Wildman–Crippen MR) is 155 cm³/mol. The maximum Gasteiger partial charge on any atom is 0.264 e. The van der Waals surface area contributed by atoms with Gasteiger partial charge in [0.15, 0.2) is 16.7 Å². The summed E-state index contributed by atoms with van der Waals surface area (Å²) in [5, 5.41) is 3.41. The van der Waals surface area contributed by atoms with Gasteiger partial charge in [0.1, 0.15) is 6.61 Å². The molecule has 0 unspecified atom stereocenters. The second kappa shape index (κ2) is 12.1. The Kier molecular flexibility index (Phi) is 8.91. The Hall–Kier alpha value is -2.30. The van der Waals surface area contributed by atoms with E-state index >= 15 is 0 Å². The monoisotopic (exact) mass is 662 g/mol. The van der Waals surface area contributed by atoms with E-state index in [0.29, 0.717) is 34.8 Å². The quantitative estimate of drug-likeness (QED) is 0.201. The van der Waals surface area contributed by atoms with Gasteiger partial charge in [-0.2, -0.15) is 0 Å². The summed E-state index contributed by atoms with van der Waals surface area (Å²) in [6.07, 6.45) is 2.81. The number of aryl methyl sites for hydroxylation is 1. The van der Waals surface area contributed by atoms with Gasteiger partial charge in [0.25, 0.3) is 5.91 Å². The summed E-state index contributed by atoms with van der Waals surface area (Å²) in [6, 6.07) is 20.0. The number of thioether (sulfide) groups is 1. The number of nitrogens with zero attached hydrogens (tertiary/aromatic N) is 1. The fourth-order valence-corrected chi connectivity index (χ4v) is 5.14. The first kappa shape index (κ1) is 25.8. The highest BCUT2D eigenvalue weighted by Gasteiger charge is 2.24. The molecule has 5 nitrogen and oxygen atoms in total. The van der Waals surface area contributed by atoms with Gasteiger partial charge in [-0.15, -0.1) is 0 Å². The Bertz CT molecular complexity index is 1270. The van der Waals surface area contributed by atoms with Gasteiger partial charge in [-0.1, -0.05) is 31.2 Å². The molecule has 1 heterocycles. The number of rotatable bonds is 8. The van der Waals surface area contributed by atoms with E-state index < -0.39 is 0 Å². The van der Waals surface area contributed by atoms with Crippen LogP contribution in [0.25, 0.3) is 6.08 Å². The van der Waals surface area contributed by atoms with Crippen molar-refractivity contribution in [1.29, 1.82) is 0 Å². The van der Waals surface area contributed by atoms with Crippen molar-refractivity contribution in [3.8, 4) is 11.5 Å². The Morgan fingerprint density at radius 1 is 1.03 bits per heavy atom. The van der Waals surface area contributed by atoms with Crippen LogP contribution in [0.15, 0.2) is 75.0 Å². The number of hydrogen-bond donors (Lipinski definition) is 1. The van der Waals surface area contributed by atoms with Gasteiger partial charge in [-0.25, -0.2) is 4.99 Å². The molecule has 0 spiro atoms. The molecule has 3 aromatic rings. The highest BCUT2D eigenvalue weighted by atomic mass is 127. The summed E-state index contributed by atoms with van der Waals surface area (Å²) < 4.78 is 13.9. The van der Waals surface area contributed by atoms with Crippen LogP contribution < -0.4 is 14.8 Å². The zero-order valence-electron chi connectivity index (χ0n) is 19.3. The molecular formula is C27H24BrIN2O3S. The number of nitrogens with one attached hydrogen (secondary N) is 1. The van der Waals surface area contributed by atoms with Crippen LogP contribution in [-0.2, 0) is 17.8 Å². The molecule has 1 amide bonds. The third-order valence-corrected chi connectivity index (χ3v) is 7.37. The Balaban J connectivity index is 1.53. The lowest BCUT2D eigenvalue weighted by Gasteiger charge is -2.15. The van der Waals surface area contributed by atoms with Crippen LogP contribution in [0.4, 0.5) is 5.69 Å². The van der Waals surface area contributed by atoms with Crippen molar-refractivity contribution in [2.45, 2.75) is 26.9 Å². The van der Waals surface area contributed by atoms with Gasteiger partial charge in [-0.3, -0.25) is 4.79 Å². The lowest BCUT2D eigenvalue weighted by Crippen LogP contribution is -2.19. The molecule has 1 N–H and O–H groups in total. The van der Waals surface area contributed by atoms with E-state index in [-0.39, 0.29) is 5.91 Å². The third kappa shape index (κ3) is 6.89. The Morgan fingerprint density at radius 3 is 2.43 bits per heavy atom. The fraction of sp³-hybridized carbons (Fsp3) is 0.185. The van der Waals surface area contributed by atoms with Crippen molar-refractivity contribution in [2.24, 2.45) is 4.99 Å². The van der Waals surface area contributed by atoms with Crippen LogP contribution in [0.5, 0.6) is 11.5 Å². The van der Waals surface area contributed by atoms with Gasteiger partial charge in [0, 0.05) is 3.57 Å². The van der Waals surface area contributed by atoms with Crippen molar-refractivity contribution in [2.75, 3.05) is 6.61 Å². The first-order valence-electron chi connectivity index (χ1n) is 11.2. The molecule has 8 heteroatoms. The van der Waals surface area contributed by atoms with Crippen LogP contribution in [0.2, 0.25) is 0 Å². The van der Waals surface area contributed by atoms with Crippen LogP contribution in [0, 0.1) is 3.57 Å². The zero-order valence-corrected chi connectivity index (χ0v) is 23.9. The number of amidine groups is 1. The molecule has 35 heavy (non-hydrogen) atoms. The van der Waals surface area contributed by atoms with E-state index in [9.17, 15) is 4.79 Å². The molecule has 1 aliphatic rings. The van der Waals surface area contributed by atoms with E-state index in [1.54, 1.807) is 0 Å². The largest absolute Gasteiger partial charge is 0.490 e. The second-order valence-electron chi connectivity index (χ2n) is 7.68. The van der Waals surface area contributed by atoms with Crippen molar-refractivity contribution in [1.82, 2.24) is 5.32 Å². The van der Waals surface area contributed by atoms with Crippen LogP contribution in [0.3, 0.4) is 0 Å². The summed E-state index contributed by atoms with van der Waals surface area (Å²) in [6.45, 7) is 4.96. The number of halogens is 2. The maximum absolute atomic E-state index is 12.6. The van der Waals surface area contributed by atoms with Crippen molar-refractivity contribution in [3.63, 3.8) is 0 Å². The fourth-order valence-electron chi connectivity index (χ4n) is 3.37. The SMILES string of the molecule is CCOc1cc(/C=C2\SC(=Nc3ccc(CC)cc3)NC2=O)cc(Br)c1OCc1ccc(I)cc1. The highest BCUT2D eigenvalue weighted by molar-refractivity contribution is 14.1. The molecule has 0 radical (unpaired) electrons. The normalized spacial score (nSPS) is 15.5. The Labute approximate surface area is 231 Å². The molecule has 0 saturated carbocycles. The van der Waals surface area contributed by atoms with E-state index in [1.165, 1.54) is 20.9 Å². The molecular weight excluding hydrogens is 639 g/mol. The van der Waals surface area contributed by atoms with Crippen molar-refractivity contribution < 1.29 is 14.3 Å². The maximum atomic E-state index is 12.6. The molecule has 3 aromatic carbocycles. The van der Waals surface area contributed by atoms with E-state index in [4.69, 9.17) is 9.47 Å². The summed E-state index contributed by atoms with van der Waals surface area (Å²) in [5.41, 5.74) is 3.95. The van der Waals surface area contributed by atoms with Crippen LogP contribution in [-0.4, -0.2) is 17.7 Å². The summed E-state index contributed by atoms with van der Waals surface area (Å²) in [4.78, 5) is 17.7. The molecule has 4 rings (SSSR count). The topological polar surface area (TPSA) is 59.9 Å². The van der Waals surface area contributed by atoms with Gasteiger partial charge >= 0.3 is 0 Å². The average Bonchev–Trinajstić information content (AvgIpc) is 3.18. The number of aliphatic imine (C=N–C) groups is 1. The summed E-state index contributed by atoms with van der Waals surface area (Å²) >= 11 is 7.22. The molecule has 0 aliphatic carbocycles. The lowest BCUT2D eigenvalue weighted by molar-refractivity contribution is -0.115. The molecule has 1 aliphatic heterocycles. The number of ether oxygens (including phenoxy) is 2. The number of benzene rings is 3. The molecule has 0 bridgehead atoms. The van der Waals surface area contributed by atoms with Gasteiger partial charge in [0.05, 0.1) is 21.7 Å². The first-order valence-corrected chi connectivity index (χ1v) is 13.9. The number of amides is 1. The summed E-state index contributed by atoms with van der Waals surface area (Å²) in [5.74, 6) is 1.08. The number of hydrogen-bond acceptors (Lipinski definition) is 5. The average molecular weight is 663 g/mol. The molecule has 0 atom stereocenters. The van der Waals surface area contributed by atoms with Crippen LogP contribution >= 0.6 is 50.3 Å². The second-order valence-corrected chi connectivity index (χ2v) is 10.8. The minimum atomic E-state index is -0.174. The molecule has 180 valence electrons. The minimum absolute atomic E-state index is 0.174. The third-order valence-electron chi connectivity index (χ3n) is 5.15. The van der Waals surface area contributed by atoms with E-state index in [2.05, 4.69) is 67.9 Å². The lowest BCUT2D eigenvalue weighted by atomic mass is 10.1. The van der Waals surface area contributed by atoms with Gasteiger partial charge in [0.2, 0.25) is 0 Å². The number of carbonyl (C=O) groups is 1. The van der Waals surface area contributed by atoms with Crippen LogP contribution in [0.1, 0.15) is 30.5 Å². The van der Waals surface area contributed by atoms with Gasteiger partial charge in [-0.05, 0) is 123 Å². The van der Waals surface area contributed by atoms with E-state index in [0.717, 1.165) is 27.7 Å². The smallest absolute Gasteiger partial charge is 0.264 e. The minimum Gasteiger partial charge on any atom is -0.490 e. The molecule has 1 saturated heterocycles. The molecule has 0 aromatic heterocycles. The van der Waals surface area contributed by atoms with E-state index in [1.807, 2.05) is 61.5 Å². The highest BCUT2D eigenvalue weighted by Crippen LogP contribution is 2.39. The standard InChI is InChI=1S/C27H24BrIN2O3S/c1-3-17-7-11-21(12-8-17)30-27-31-26(32)24(35-27)15-19-13-22(28)25(23(14-19)33-4-2)34-16-18-5-9-20(29)10-6-18/h5-15H,3-4,16H2,1-2H3,(H,30,31,32)/b24-15-. The molecule has 1 fully saturated rings. The first-order chi connectivity index (χ1) is 16.9. The zero-order chi connectivity index (χ0) is 24.8. The van der Waals surface area contributed by atoms with Gasteiger partial charge < -0.3 is 14.8 Å². The predicted octanol–water partition coefficient (Wildman–Crippen LogP) is 7.49.